The molecule has 5 rings (SSSR count). The van der Waals surface area contributed by atoms with E-state index < -0.39 is 10.0 Å². The van der Waals surface area contributed by atoms with Crippen molar-refractivity contribution in [2.24, 2.45) is 0 Å². The first-order chi connectivity index (χ1) is 14.3. The lowest BCUT2D eigenvalue weighted by atomic mass is 9.85. The van der Waals surface area contributed by atoms with Gasteiger partial charge in [0, 0.05) is 38.3 Å². The number of nitrogens with zero attached hydrogens (tertiary/aromatic N) is 8. The van der Waals surface area contributed by atoms with Crippen molar-refractivity contribution in [3.05, 3.63) is 30.5 Å². The molecule has 0 atom stereocenters. The van der Waals surface area contributed by atoms with Crippen molar-refractivity contribution in [3.63, 3.8) is 0 Å². The summed E-state index contributed by atoms with van der Waals surface area (Å²) in [4.78, 5) is 6.18. The highest BCUT2D eigenvalue weighted by Crippen LogP contribution is 2.35. The standard InChI is InChI=1S/C19H26N8O2S/c1-13(2)26-11-18(20-12-26)30(28,29)24(3)15-9-25(10-15)17-8-7-16-21-22-19(27(16)23-17)14-5-4-6-14/h7-8,11-15H,4-6,9-10H2,1-3H3. The van der Waals surface area contributed by atoms with E-state index in [4.69, 9.17) is 5.10 Å². The molecule has 30 heavy (non-hydrogen) atoms. The molecule has 2 aliphatic rings. The number of fused-ring (bicyclic) bond motifs is 1. The SMILES string of the molecule is CC(C)n1cnc(S(=O)(=O)N(C)C2CN(c3ccc4nnc(C5CCC5)n4n3)C2)c1. The van der Waals surface area contributed by atoms with Gasteiger partial charge in [-0.15, -0.1) is 15.3 Å². The number of hydrogen-bond donors (Lipinski definition) is 0. The highest BCUT2D eigenvalue weighted by atomic mass is 32.2. The van der Waals surface area contributed by atoms with Crippen LogP contribution in [0.15, 0.2) is 29.7 Å². The van der Waals surface area contributed by atoms with Gasteiger partial charge in [0.05, 0.1) is 12.4 Å². The lowest BCUT2D eigenvalue weighted by Crippen LogP contribution is -2.60. The van der Waals surface area contributed by atoms with Crippen LogP contribution in [0, 0.1) is 0 Å². The average Bonchev–Trinajstić information content (AvgIpc) is 3.27. The van der Waals surface area contributed by atoms with Gasteiger partial charge in [0.2, 0.25) is 0 Å². The fraction of sp³-hybridized carbons (Fsp3) is 0.579. The molecule has 0 unspecified atom stereocenters. The maximum Gasteiger partial charge on any atom is 0.262 e. The zero-order valence-corrected chi connectivity index (χ0v) is 18.2. The van der Waals surface area contributed by atoms with Gasteiger partial charge in [0.1, 0.15) is 5.82 Å². The smallest absolute Gasteiger partial charge is 0.262 e. The minimum Gasteiger partial charge on any atom is -0.352 e. The predicted molar refractivity (Wildman–Crippen MR) is 111 cm³/mol. The lowest BCUT2D eigenvalue weighted by Gasteiger charge is -2.43. The zero-order chi connectivity index (χ0) is 21.0. The van der Waals surface area contributed by atoms with Crippen LogP contribution in [-0.4, -0.2) is 68.3 Å². The van der Waals surface area contributed by atoms with Crippen LogP contribution in [0.3, 0.4) is 0 Å². The van der Waals surface area contributed by atoms with Crippen molar-refractivity contribution >= 4 is 21.5 Å². The molecule has 0 bridgehead atoms. The molecule has 1 aliphatic heterocycles. The summed E-state index contributed by atoms with van der Waals surface area (Å²) in [5.41, 5.74) is 0.748. The third kappa shape index (κ3) is 3.07. The molecule has 0 spiro atoms. The van der Waals surface area contributed by atoms with Gasteiger partial charge >= 0.3 is 0 Å². The van der Waals surface area contributed by atoms with Gasteiger partial charge in [-0.2, -0.15) is 8.82 Å². The van der Waals surface area contributed by atoms with Gasteiger partial charge in [-0.25, -0.2) is 13.4 Å². The molecule has 4 heterocycles. The van der Waals surface area contributed by atoms with Gasteiger partial charge < -0.3 is 9.47 Å². The summed E-state index contributed by atoms with van der Waals surface area (Å²) in [5, 5.41) is 13.4. The molecule has 1 saturated carbocycles. The van der Waals surface area contributed by atoms with E-state index in [1.165, 1.54) is 10.7 Å². The Morgan fingerprint density at radius 1 is 1.17 bits per heavy atom. The van der Waals surface area contributed by atoms with Crippen LogP contribution in [0.2, 0.25) is 0 Å². The summed E-state index contributed by atoms with van der Waals surface area (Å²) in [6, 6.07) is 3.88. The number of aromatic nitrogens is 6. The number of likely N-dealkylation sites (N-methyl/N-ethyl adjacent to an activating group) is 1. The van der Waals surface area contributed by atoms with Crippen molar-refractivity contribution in [2.75, 3.05) is 25.0 Å². The van der Waals surface area contributed by atoms with Crippen molar-refractivity contribution in [2.45, 2.75) is 56.1 Å². The first kappa shape index (κ1) is 19.4. The second-order valence-electron chi connectivity index (χ2n) is 8.48. The van der Waals surface area contributed by atoms with E-state index in [2.05, 4.69) is 20.1 Å². The van der Waals surface area contributed by atoms with E-state index in [1.807, 2.05) is 30.5 Å². The Kier molecular flexibility index (Phi) is 4.55. The van der Waals surface area contributed by atoms with Gasteiger partial charge in [-0.05, 0) is 38.8 Å². The van der Waals surface area contributed by atoms with Crippen molar-refractivity contribution in [1.29, 1.82) is 0 Å². The monoisotopic (exact) mass is 430 g/mol. The highest BCUT2D eigenvalue weighted by Gasteiger charge is 2.38. The van der Waals surface area contributed by atoms with E-state index in [1.54, 1.807) is 24.1 Å². The van der Waals surface area contributed by atoms with E-state index >= 15 is 0 Å². The van der Waals surface area contributed by atoms with Gasteiger partial charge in [-0.1, -0.05) is 6.42 Å². The number of rotatable bonds is 6. The van der Waals surface area contributed by atoms with Gasteiger partial charge in [0.15, 0.2) is 16.5 Å². The molecule has 0 aromatic carbocycles. The first-order valence-electron chi connectivity index (χ1n) is 10.3. The molecule has 11 heteroatoms. The first-order valence-corrected chi connectivity index (χ1v) is 11.8. The Hall–Kier alpha value is -2.53. The molecule has 1 aliphatic carbocycles. The number of anilines is 1. The van der Waals surface area contributed by atoms with Crippen LogP contribution in [-0.2, 0) is 10.0 Å². The van der Waals surface area contributed by atoms with Crippen molar-refractivity contribution in [3.8, 4) is 0 Å². The summed E-state index contributed by atoms with van der Waals surface area (Å²) in [7, 11) is -2.01. The molecule has 3 aromatic rings. The maximum atomic E-state index is 12.9. The Balaban J connectivity index is 1.30. The van der Waals surface area contributed by atoms with Gasteiger partial charge in [-0.3, -0.25) is 0 Å². The van der Waals surface area contributed by atoms with Gasteiger partial charge in [0.25, 0.3) is 10.0 Å². The second-order valence-corrected chi connectivity index (χ2v) is 10.4. The number of hydrogen-bond acceptors (Lipinski definition) is 7. The molecule has 0 amide bonds. The third-order valence-corrected chi connectivity index (χ3v) is 8.06. The molecule has 2 fully saturated rings. The largest absolute Gasteiger partial charge is 0.352 e. The Bertz CT molecular complexity index is 1170. The normalized spacial score (nSPS) is 18.4. The lowest BCUT2D eigenvalue weighted by molar-refractivity contribution is 0.308. The van der Waals surface area contributed by atoms with E-state index in [-0.39, 0.29) is 17.1 Å². The predicted octanol–water partition coefficient (Wildman–Crippen LogP) is 1.68. The molecule has 1 saturated heterocycles. The fourth-order valence-corrected chi connectivity index (χ4v) is 5.09. The molecular weight excluding hydrogens is 404 g/mol. The summed E-state index contributed by atoms with van der Waals surface area (Å²) in [5.74, 6) is 2.18. The molecule has 0 radical (unpaired) electrons. The summed E-state index contributed by atoms with van der Waals surface area (Å²) >= 11 is 0. The van der Waals surface area contributed by atoms with Crippen molar-refractivity contribution < 1.29 is 8.42 Å². The minimum atomic E-state index is -3.63. The summed E-state index contributed by atoms with van der Waals surface area (Å²) in [6.07, 6.45) is 6.65. The quantitative estimate of drug-likeness (QED) is 0.586. The van der Waals surface area contributed by atoms with E-state index in [9.17, 15) is 8.42 Å². The highest BCUT2D eigenvalue weighted by molar-refractivity contribution is 7.89. The Labute approximate surface area is 175 Å². The number of sulfonamides is 1. The van der Waals surface area contributed by atoms with Crippen LogP contribution in [0.25, 0.3) is 5.65 Å². The maximum absolute atomic E-state index is 12.9. The Morgan fingerprint density at radius 3 is 2.57 bits per heavy atom. The van der Waals surface area contributed by atoms with Crippen LogP contribution >= 0.6 is 0 Å². The molecule has 3 aromatic heterocycles. The topological polar surface area (TPSA) is 102 Å². The second kappa shape index (κ2) is 7.02. The fourth-order valence-electron chi connectivity index (χ4n) is 3.83. The summed E-state index contributed by atoms with van der Waals surface area (Å²) in [6.45, 7) is 5.14. The number of imidazole rings is 1. The molecule has 0 N–H and O–H groups in total. The van der Waals surface area contributed by atoms with Crippen LogP contribution in [0.1, 0.15) is 50.9 Å². The van der Waals surface area contributed by atoms with Crippen molar-refractivity contribution in [1.82, 2.24) is 33.7 Å². The van der Waals surface area contributed by atoms with Crippen LogP contribution in [0.4, 0.5) is 5.82 Å². The Morgan fingerprint density at radius 2 is 1.93 bits per heavy atom. The molecule has 10 nitrogen and oxygen atoms in total. The van der Waals surface area contributed by atoms with E-state index in [0.717, 1.165) is 30.1 Å². The van der Waals surface area contributed by atoms with Crippen LogP contribution < -0.4 is 4.90 Å². The molecular formula is C19H26N8O2S. The zero-order valence-electron chi connectivity index (χ0n) is 17.4. The third-order valence-electron chi connectivity index (χ3n) is 6.26. The van der Waals surface area contributed by atoms with E-state index in [0.29, 0.717) is 19.0 Å². The molecule has 160 valence electrons. The minimum absolute atomic E-state index is 0.0892. The average molecular weight is 431 g/mol. The van der Waals surface area contributed by atoms with Crippen LogP contribution in [0.5, 0.6) is 0 Å². The summed E-state index contributed by atoms with van der Waals surface area (Å²) < 4.78 is 30.9.